The number of nitrogens with one attached hydrogen (secondary N) is 2. The molecule has 1 aromatic carbocycles. The summed E-state index contributed by atoms with van der Waals surface area (Å²) in [6.07, 6.45) is 3.86. The number of hydrogen-bond donors (Lipinski definition) is 2. The molecule has 152 valence electrons. The van der Waals surface area contributed by atoms with Gasteiger partial charge in [-0.1, -0.05) is 49.1 Å². The van der Waals surface area contributed by atoms with Crippen LogP contribution in [-0.2, 0) is 14.3 Å². The minimum atomic E-state index is -1.11. The van der Waals surface area contributed by atoms with Gasteiger partial charge in [0.05, 0.1) is 6.42 Å². The molecule has 3 amide bonds. The molecule has 0 heterocycles. The summed E-state index contributed by atoms with van der Waals surface area (Å²) in [6, 6.07) is 6.59. The summed E-state index contributed by atoms with van der Waals surface area (Å²) in [5, 5.41) is 4.96. The first kappa shape index (κ1) is 21.6. The molecule has 1 saturated carbocycles. The lowest BCUT2D eigenvalue weighted by Crippen LogP contribution is -2.48. The first-order chi connectivity index (χ1) is 13.3. The number of Topliss-reactive ketones (excluding diaryl/α,β-unsaturated/α-hetero) is 1. The molecule has 7 nitrogen and oxygen atoms in total. The Morgan fingerprint density at radius 3 is 2.32 bits per heavy atom. The number of aryl methyl sites for hydroxylation is 1. The molecule has 0 spiro atoms. The molecule has 7 heteroatoms. The Labute approximate surface area is 165 Å². The number of carbonyl (C=O) groups excluding carboxylic acids is 4. The fraction of sp³-hybridized carbons (Fsp3) is 0.524. The lowest BCUT2D eigenvalue weighted by atomic mass is 9.96. The third-order valence-electron chi connectivity index (χ3n) is 4.78. The second kappa shape index (κ2) is 10.6. The molecule has 2 rings (SSSR count). The summed E-state index contributed by atoms with van der Waals surface area (Å²) in [5.41, 5.74) is 1.58. The largest absolute Gasteiger partial charge is 0.453 e. The molecular weight excluding hydrogens is 360 g/mol. The molecule has 1 aliphatic rings. The van der Waals surface area contributed by atoms with Gasteiger partial charge in [-0.15, -0.1) is 0 Å². The van der Waals surface area contributed by atoms with E-state index < -0.39 is 24.0 Å². The molecule has 1 aromatic rings. The third-order valence-corrected chi connectivity index (χ3v) is 4.78. The quantitative estimate of drug-likeness (QED) is 0.552. The van der Waals surface area contributed by atoms with Gasteiger partial charge in [-0.3, -0.25) is 19.7 Å². The van der Waals surface area contributed by atoms with Crippen molar-refractivity contribution in [3.8, 4) is 0 Å². The number of imide groups is 1. The lowest BCUT2D eigenvalue weighted by molar-refractivity contribution is -0.154. The lowest BCUT2D eigenvalue weighted by Gasteiger charge is -2.23. The summed E-state index contributed by atoms with van der Waals surface area (Å²) in [4.78, 5) is 47.9. The summed E-state index contributed by atoms with van der Waals surface area (Å²) >= 11 is 0. The van der Waals surface area contributed by atoms with Crippen LogP contribution in [0.5, 0.6) is 0 Å². The highest BCUT2D eigenvalue weighted by Crippen LogP contribution is 2.17. The predicted molar refractivity (Wildman–Crippen MR) is 104 cm³/mol. The monoisotopic (exact) mass is 388 g/mol. The van der Waals surface area contributed by atoms with Crippen molar-refractivity contribution in [2.24, 2.45) is 0 Å². The van der Waals surface area contributed by atoms with Crippen molar-refractivity contribution in [1.82, 2.24) is 10.6 Å². The van der Waals surface area contributed by atoms with Gasteiger partial charge in [0, 0.05) is 18.0 Å². The number of benzene rings is 1. The van der Waals surface area contributed by atoms with E-state index >= 15 is 0 Å². The number of ketones is 1. The van der Waals surface area contributed by atoms with Crippen LogP contribution in [0.3, 0.4) is 0 Å². The molecule has 0 aromatic heterocycles. The van der Waals surface area contributed by atoms with Crippen LogP contribution in [0, 0.1) is 6.92 Å². The maximum atomic E-state index is 12.1. The number of rotatable bonds is 7. The molecule has 28 heavy (non-hydrogen) atoms. The van der Waals surface area contributed by atoms with E-state index in [1.807, 2.05) is 19.1 Å². The van der Waals surface area contributed by atoms with Gasteiger partial charge in [0.2, 0.25) is 0 Å². The molecule has 0 radical (unpaired) electrons. The second-order valence-corrected chi connectivity index (χ2v) is 7.22. The van der Waals surface area contributed by atoms with Crippen molar-refractivity contribution in [3.05, 3.63) is 35.4 Å². The summed E-state index contributed by atoms with van der Waals surface area (Å²) in [7, 11) is 0. The predicted octanol–water partition coefficient (Wildman–Crippen LogP) is 3.05. The smallest absolute Gasteiger partial charge is 0.321 e. The molecule has 1 unspecified atom stereocenters. The van der Waals surface area contributed by atoms with Gasteiger partial charge in [-0.25, -0.2) is 4.79 Å². The topological polar surface area (TPSA) is 102 Å². The van der Waals surface area contributed by atoms with Crippen LogP contribution in [-0.4, -0.2) is 35.8 Å². The highest BCUT2D eigenvalue weighted by Gasteiger charge is 2.22. The standard InChI is InChI=1S/C21H28N2O5/c1-14-8-10-16(11-9-14)18(24)12-13-19(25)28-15(2)20(26)23-21(27)22-17-6-4-3-5-7-17/h8-11,15,17H,3-7,12-13H2,1-2H3,(H2,22,23,26,27). The van der Waals surface area contributed by atoms with E-state index in [1.165, 1.54) is 6.92 Å². The number of amides is 3. The maximum absolute atomic E-state index is 12.1. The number of esters is 1. The maximum Gasteiger partial charge on any atom is 0.321 e. The Morgan fingerprint density at radius 2 is 1.68 bits per heavy atom. The molecule has 0 saturated heterocycles. The molecule has 1 atom stereocenters. The number of ether oxygens (including phenoxy) is 1. The van der Waals surface area contributed by atoms with Gasteiger partial charge >= 0.3 is 12.0 Å². The SMILES string of the molecule is Cc1ccc(C(=O)CCC(=O)OC(C)C(=O)NC(=O)NC2CCCCC2)cc1. The van der Waals surface area contributed by atoms with Gasteiger partial charge in [-0.2, -0.15) is 0 Å². The average Bonchev–Trinajstić information content (AvgIpc) is 2.67. The van der Waals surface area contributed by atoms with E-state index in [0.717, 1.165) is 37.7 Å². The van der Waals surface area contributed by atoms with Crippen LogP contribution in [0.25, 0.3) is 0 Å². The number of hydrogen-bond acceptors (Lipinski definition) is 5. The minimum Gasteiger partial charge on any atom is -0.453 e. The van der Waals surface area contributed by atoms with Gasteiger partial charge < -0.3 is 10.1 Å². The Hall–Kier alpha value is -2.70. The fourth-order valence-corrected chi connectivity index (χ4v) is 3.09. The van der Waals surface area contributed by atoms with Crippen molar-refractivity contribution in [2.45, 2.75) is 70.9 Å². The van der Waals surface area contributed by atoms with E-state index in [-0.39, 0.29) is 24.7 Å². The van der Waals surface area contributed by atoms with Crippen LogP contribution in [0.15, 0.2) is 24.3 Å². The van der Waals surface area contributed by atoms with Crippen molar-refractivity contribution in [1.29, 1.82) is 0 Å². The Bertz CT molecular complexity index is 708. The molecule has 2 N–H and O–H groups in total. The zero-order valence-corrected chi connectivity index (χ0v) is 16.5. The second-order valence-electron chi connectivity index (χ2n) is 7.22. The molecule has 1 aliphatic carbocycles. The average molecular weight is 388 g/mol. The first-order valence-electron chi connectivity index (χ1n) is 9.76. The molecule has 1 fully saturated rings. The van der Waals surface area contributed by atoms with Crippen LogP contribution in [0.1, 0.15) is 67.8 Å². The third kappa shape index (κ3) is 7.13. The van der Waals surface area contributed by atoms with Crippen LogP contribution < -0.4 is 10.6 Å². The summed E-state index contributed by atoms with van der Waals surface area (Å²) in [5.74, 6) is -1.51. The van der Waals surface area contributed by atoms with E-state index in [9.17, 15) is 19.2 Å². The zero-order valence-electron chi connectivity index (χ0n) is 16.5. The Balaban J connectivity index is 1.70. The molecule has 0 aliphatic heterocycles. The van der Waals surface area contributed by atoms with E-state index in [2.05, 4.69) is 10.6 Å². The minimum absolute atomic E-state index is 0.00159. The van der Waals surface area contributed by atoms with Crippen molar-refractivity contribution in [2.75, 3.05) is 0 Å². The summed E-state index contributed by atoms with van der Waals surface area (Å²) < 4.78 is 5.03. The zero-order chi connectivity index (χ0) is 20.5. The summed E-state index contributed by atoms with van der Waals surface area (Å²) in [6.45, 7) is 3.32. The Morgan fingerprint density at radius 1 is 1.04 bits per heavy atom. The van der Waals surface area contributed by atoms with Gasteiger partial charge in [-0.05, 0) is 26.7 Å². The van der Waals surface area contributed by atoms with Crippen LogP contribution >= 0.6 is 0 Å². The van der Waals surface area contributed by atoms with E-state index in [1.54, 1.807) is 12.1 Å². The van der Waals surface area contributed by atoms with Gasteiger partial charge in [0.25, 0.3) is 5.91 Å². The van der Waals surface area contributed by atoms with Crippen LogP contribution in [0.4, 0.5) is 4.79 Å². The highest BCUT2D eigenvalue weighted by molar-refractivity contribution is 5.98. The van der Waals surface area contributed by atoms with Crippen molar-refractivity contribution >= 4 is 23.7 Å². The molecular formula is C21H28N2O5. The van der Waals surface area contributed by atoms with Gasteiger partial charge in [0.1, 0.15) is 0 Å². The molecule has 0 bridgehead atoms. The Kier molecular flexibility index (Phi) is 8.17. The normalized spacial score (nSPS) is 15.4. The van der Waals surface area contributed by atoms with E-state index in [4.69, 9.17) is 4.74 Å². The van der Waals surface area contributed by atoms with E-state index in [0.29, 0.717) is 5.56 Å². The number of carbonyl (C=O) groups is 4. The van der Waals surface area contributed by atoms with Crippen molar-refractivity contribution in [3.63, 3.8) is 0 Å². The van der Waals surface area contributed by atoms with Gasteiger partial charge in [0.15, 0.2) is 11.9 Å². The van der Waals surface area contributed by atoms with Crippen LogP contribution in [0.2, 0.25) is 0 Å². The first-order valence-corrected chi connectivity index (χ1v) is 9.76. The van der Waals surface area contributed by atoms with Crippen molar-refractivity contribution < 1.29 is 23.9 Å². The highest BCUT2D eigenvalue weighted by atomic mass is 16.5. The number of urea groups is 1. The fourth-order valence-electron chi connectivity index (χ4n) is 3.09.